The van der Waals surface area contributed by atoms with Crippen molar-refractivity contribution < 1.29 is 9.59 Å². The molecule has 1 atom stereocenters. The number of thioether (sulfide) groups is 1. The first-order valence-corrected chi connectivity index (χ1v) is 15.0. The number of carbonyl (C=O) groups excluding carboxylic acids is 2. The number of fused-ring (bicyclic) bond motifs is 1. The number of rotatable bonds is 6. The van der Waals surface area contributed by atoms with E-state index < -0.39 is 6.04 Å². The number of benzene rings is 2. The molecular formula is C29H32BrN5O2S. The van der Waals surface area contributed by atoms with Gasteiger partial charge in [0.15, 0.2) is 0 Å². The van der Waals surface area contributed by atoms with Crippen LogP contribution < -0.4 is 16.0 Å². The van der Waals surface area contributed by atoms with E-state index in [0.29, 0.717) is 27.7 Å². The predicted octanol–water partition coefficient (Wildman–Crippen LogP) is 6.67. The number of anilines is 2. The molecule has 3 aromatic rings. The van der Waals surface area contributed by atoms with E-state index in [4.69, 9.17) is 5.10 Å². The lowest BCUT2D eigenvalue weighted by Gasteiger charge is -2.30. The first-order valence-electron chi connectivity index (χ1n) is 12.9. The predicted molar refractivity (Wildman–Crippen MR) is 157 cm³/mol. The van der Waals surface area contributed by atoms with Crippen molar-refractivity contribution in [2.24, 2.45) is 0 Å². The van der Waals surface area contributed by atoms with Crippen LogP contribution >= 0.6 is 27.7 Å². The van der Waals surface area contributed by atoms with Crippen LogP contribution in [0.25, 0.3) is 0 Å². The lowest BCUT2D eigenvalue weighted by Crippen LogP contribution is -2.37. The molecular weight excluding hydrogens is 562 g/mol. The molecule has 0 spiro atoms. The fourth-order valence-electron chi connectivity index (χ4n) is 5.26. The van der Waals surface area contributed by atoms with Gasteiger partial charge in [-0.05, 0) is 62.8 Å². The minimum absolute atomic E-state index is 0.122. The van der Waals surface area contributed by atoms with Crippen LogP contribution in [0.3, 0.4) is 0 Å². The standard InChI is InChI=1S/C29H32BrN5O2S/c1-17-12-14-22(15-13-17)33-27(36)23-18(2)31-26-24(28(37)32-21-10-5-4-6-11-21)29(38-3)34-35(26)25(23)19-8-7-9-20(30)16-19/h7-9,12-16,21,25,31H,4-6,10-11H2,1-3H3,(H,32,37)(H,33,36). The molecule has 2 aromatic carbocycles. The summed E-state index contributed by atoms with van der Waals surface area (Å²) in [4.78, 5) is 27.3. The van der Waals surface area contributed by atoms with Crippen LogP contribution in [0, 0.1) is 6.92 Å². The summed E-state index contributed by atoms with van der Waals surface area (Å²) >= 11 is 5.02. The number of allylic oxidation sites excluding steroid dienone is 1. The molecule has 9 heteroatoms. The molecule has 2 aliphatic rings. The number of halogens is 1. The lowest BCUT2D eigenvalue weighted by molar-refractivity contribution is -0.113. The summed E-state index contributed by atoms with van der Waals surface area (Å²) in [5.41, 5.74) is 4.49. The fraction of sp³-hybridized carbons (Fsp3) is 0.345. The molecule has 2 heterocycles. The molecule has 0 radical (unpaired) electrons. The van der Waals surface area contributed by atoms with Crippen LogP contribution in [-0.4, -0.2) is 33.9 Å². The highest BCUT2D eigenvalue weighted by Crippen LogP contribution is 2.41. The molecule has 3 N–H and O–H groups in total. The fourth-order valence-corrected chi connectivity index (χ4v) is 6.24. The van der Waals surface area contributed by atoms with Crippen molar-refractivity contribution in [2.45, 2.75) is 63.1 Å². The van der Waals surface area contributed by atoms with Crippen molar-refractivity contribution in [2.75, 3.05) is 16.9 Å². The van der Waals surface area contributed by atoms with Gasteiger partial charge in [-0.3, -0.25) is 9.59 Å². The molecule has 7 nitrogen and oxygen atoms in total. The Morgan fingerprint density at radius 3 is 2.47 bits per heavy atom. The second kappa shape index (κ2) is 11.4. The van der Waals surface area contributed by atoms with E-state index in [1.807, 2.05) is 68.6 Å². The molecule has 0 bridgehead atoms. The van der Waals surface area contributed by atoms with E-state index in [1.54, 1.807) is 4.68 Å². The summed E-state index contributed by atoms with van der Waals surface area (Å²) in [5, 5.41) is 15.2. The maximum atomic E-state index is 13.8. The largest absolute Gasteiger partial charge is 0.349 e. The molecule has 1 saturated carbocycles. The summed E-state index contributed by atoms with van der Waals surface area (Å²) < 4.78 is 2.69. The first-order chi connectivity index (χ1) is 18.4. The molecule has 1 aliphatic carbocycles. The summed E-state index contributed by atoms with van der Waals surface area (Å²) in [6, 6.07) is 15.3. The van der Waals surface area contributed by atoms with E-state index in [2.05, 4.69) is 31.9 Å². The van der Waals surface area contributed by atoms with Gasteiger partial charge in [-0.2, -0.15) is 5.10 Å². The van der Waals surface area contributed by atoms with Gasteiger partial charge in [0.25, 0.3) is 11.8 Å². The Morgan fingerprint density at radius 1 is 1.05 bits per heavy atom. The third-order valence-corrected chi connectivity index (χ3v) is 8.35. The lowest BCUT2D eigenvalue weighted by atomic mass is 9.94. The number of aryl methyl sites for hydroxylation is 1. The van der Waals surface area contributed by atoms with Crippen LogP contribution in [0.1, 0.15) is 66.6 Å². The Labute approximate surface area is 236 Å². The third kappa shape index (κ3) is 5.40. The monoisotopic (exact) mass is 593 g/mol. The number of carbonyl (C=O) groups is 2. The minimum atomic E-state index is -0.517. The van der Waals surface area contributed by atoms with E-state index in [1.165, 1.54) is 18.2 Å². The number of nitrogens with zero attached hydrogens (tertiary/aromatic N) is 2. The van der Waals surface area contributed by atoms with Crippen molar-refractivity contribution >= 4 is 51.0 Å². The third-order valence-electron chi connectivity index (χ3n) is 7.19. The zero-order chi connectivity index (χ0) is 26.8. The van der Waals surface area contributed by atoms with Gasteiger partial charge in [0.2, 0.25) is 0 Å². The van der Waals surface area contributed by atoms with E-state index in [-0.39, 0.29) is 17.9 Å². The smallest absolute Gasteiger partial charge is 0.258 e. The molecule has 5 rings (SSSR count). The number of amides is 2. The summed E-state index contributed by atoms with van der Waals surface area (Å²) in [6.45, 7) is 3.89. The van der Waals surface area contributed by atoms with Crippen molar-refractivity contribution in [3.63, 3.8) is 0 Å². The molecule has 0 saturated heterocycles. The topological polar surface area (TPSA) is 88.1 Å². The number of nitrogens with one attached hydrogen (secondary N) is 3. The normalized spacial score (nSPS) is 17.5. The molecule has 2 amide bonds. The van der Waals surface area contributed by atoms with Crippen molar-refractivity contribution in [3.8, 4) is 0 Å². The summed E-state index contributed by atoms with van der Waals surface area (Å²) in [7, 11) is 0. The molecule has 1 unspecified atom stereocenters. The van der Waals surface area contributed by atoms with Gasteiger partial charge in [0, 0.05) is 21.9 Å². The van der Waals surface area contributed by atoms with Gasteiger partial charge < -0.3 is 16.0 Å². The van der Waals surface area contributed by atoms with Crippen molar-refractivity contribution in [1.82, 2.24) is 15.1 Å². The molecule has 1 aromatic heterocycles. The molecule has 1 fully saturated rings. The van der Waals surface area contributed by atoms with Gasteiger partial charge in [-0.1, -0.05) is 65.0 Å². The Morgan fingerprint density at radius 2 is 1.79 bits per heavy atom. The van der Waals surface area contributed by atoms with E-state index >= 15 is 0 Å². The zero-order valence-electron chi connectivity index (χ0n) is 21.8. The number of aromatic nitrogens is 2. The van der Waals surface area contributed by atoms with Gasteiger partial charge in [-0.15, -0.1) is 11.8 Å². The SMILES string of the molecule is CSc1nn2c(c1C(=O)NC1CCCCC1)NC(C)=C(C(=O)Nc1ccc(C)cc1)C2c1cccc(Br)c1. The average molecular weight is 595 g/mol. The van der Waals surface area contributed by atoms with Gasteiger partial charge >= 0.3 is 0 Å². The van der Waals surface area contributed by atoms with Gasteiger partial charge in [0.1, 0.15) is 22.4 Å². The van der Waals surface area contributed by atoms with E-state index in [9.17, 15) is 9.59 Å². The van der Waals surface area contributed by atoms with E-state index in [0.717, 1.165) is 47.0 Å². The Balaban J connectivity index is 1.57. The van der Waals surface area contributed by atoms with Crippen LogP contribution in [0.5, 0.6) is 0 Å². The highest BCUT2D eigenvalue weighted by atomic mass is 79.9. The number of hydrogen-bond donors (Lipinski definition) is 3. The highest BCUT2D eigenvalue weighted by molar-refractivity contribution is 9.10. The Hall–Kier alpha value is -3.04. The van der Waals surface area contributed by atoms with Crippen LogP contribution in [0.15, 0.2) is 69.3 Å². The maximum absolute atomic E-state index is 13.8. The van der Waals surface area contributed by atoms with Crippen molar-refractivity contribution in [3.05, 3.63) is 81.0 Å². The zero-order valence-corrected chi connectivity index (χ0v) is 24.2. The van der Waals surface area contributed by atoms with Gasteiger partial charge in [-0.25, -0.2) is 4.68 Å². The Kier molecular flexibility index (Phi) is 7.95. The molecule has 198 valence electrons. The highest BCUT2D eigenvalue weighted by Gasteiger charge is 2.37. The molecule has 1 aliphatic heterocycles. The van der Waals surface area contributed by atoms with Crippen LogP contribution in [0.2, 0.25) is 0 Å². The van der Waals surface area contributed by atoms with Gasteiger partial charge in [0.05, 0.1) is 5.57 Å². The molecule has 38 heavy (non-hydrogen) atoms. The number of hydrogen-bond acceptors (Lipinski definition) is 5. The quantitative estimate of drug-likeness (QED) is 0.278. The average Bonchev–Trinajstić information content (AvgIpc) is 3.28. The second-order valence-electron chi connectivity index (χ2n) is 9.93. The minimum Gasteiger partial charge on any atom is -0.349 e. The van der Waals surface area contributed by atoms with Crippen LogP contribution in [-0.2, 0) is 4.79 Å². The first kappa shape index (κ1) is 26.6. The summed E-state index contributed by atoms with van der Waals surface area (Å²) in [6.07, 6.45) is 7.41. The van der Waals surface area contributed by atoms with Crippen LogP contribution in [0.4, 0.5) is 11.5 Å². The maximum Gasteiger partial charge on any atom is 0.258 e. The van der Waals surface area contributed by atoms with Crippen molar-refractivity contribution in [1.29, 1.82) is 0 Å². The summed E-state index contributed by atoms with van der Waals surface area (Å²) in [5.74, 6) is 0.268. The Bertz CT molecular complexity index is 1390. The second-order valence-corrected chi connectivity index (χ2v) is 11.6.